The lowest BCUT2D eigenvalue weighted by Gasteiger charge is -2.09. The minimum absolute atomic E-state index is 0.00865. The summed E-state index contributed by atoms with van der Waals surface area (Å²) in [4.78, 5) is 15.6. The zero-order valence-corrected chi connectivity index (χ0v) is 11.7. The smallest absolute Gasteiger partial charge is 0.339 e. The number of hydrogen-bond donors (Lipinski definition) is 0. The van der Waals surface area contributed by atoms with E-state index in [1.165, 1.54) is 19.2 Å². The van der Waals surface area contributed by atoms with Gasteiger partial charge >= 0.3 is 5.97 Å². The Bertz CT molecular complexity index is 480. The Kier molecular flexibility index (Phi) is 6.09. The maximum atomic E-state index is 12.1. The molecule has 0 radical (unpaired) electrons. The summed E-state index contributed by atoms with van der Waals surface area (Å²) in [6, 6.07) is 3.08. The highest BCUT2D eigenvalue weighted by molar-refractivity contribution is 5.89. The van der Waals surface area contributed by atoms with Crippen molar-refractivity contribution in [1.29, 1.82) is 0 Å². The molecule has 110 valence electrons. The van der Waals surface area contributed by atoms with Crippen LogP contribution in [0.3, 0.4) is 0 Å². The van der Waals surface area contributed by atoms with Crippen molar-refractivity contribution in [2.75, 3.05) is 6.61 Å². The van der Waals surface area contributed by atoms with Crippen LogP contribution in [0.2, 0.25) is 0 Å². The quantitative estimate of drug-likeness (QED) is 0.749. The molecule has 4 nitrogen and oxygen atoms in total. The van der Waals surface area contributed by atoms with E-state index in [4.69, 9.17) is 9.47 Å². The Hall–Kier alpha value is -1.98. The molecule has 0 aliphatic heterocycles. The summed E-state index contributed by atoms with van der Waals surface area (Å²) < 4.78 is 34.5. The number of carbonyl (C=O) groups is 1. The average Bonchev–Trinajstić information content (AvgIpc) is 2.38. The van der Waals surface area contributed by atoms with Gasteiger partial charge in [0, 0.05) is 18.7 Å². The van der Waals surface area contributed by atoms with Gasteiger partial charge < -0.3 is 9.47 Å². The van der Waals surface area contributed by atoms with Gasteiger partial charge in [0.1, 0.15) is 0 Å². The number of rotatable bonds is 6. The van der Waals surface area contributed by atoms with E-state index in [0.29, 0.717) is 5.88 Å². The third-order valence-electron chi connectivity index (χ3n) is 2.36. The molecule has 1 heterocycles. The van der Waals surface area contributed by atoms with Crippen molar-refractivity contribution in [1.82, 2.24) is 4.98 Å². The van der Waals surface area contributed by atoms with Crippen molar-refractivity contribution in [3.8, 4) is 5.88 Å². The van der Waals surface area contributed by atoms with E-state index >= 15 is 0 Å². The highest BCUT2D eigenvalue weighted by Crippen LogP contribution is 2.13. The number of carbonyl (C=O) groups excluding carboxylic acids is 1. The number of pyridine rings is 1. The van der Waals surface area contributed by atoms with Crippen LogP contribution < -0.4 is 4.74 Å². The van der Waals surface area contributed by atoms with Crippen LogP contribution in [0, 0.1) is 0 Å². The van der Waals surface area contributed by atoms with Crippen molar-refractivity contribution in [2.45, 2.75) is 33.3 Å². The molecule has 0 bridgehead atoms. The van der Waals surface area contributed by atoms with Gasteiger partial charge in [-0.25, -0.2) is 9.78 Å². The number of halogens is 2. The first-order valence-corrected chi connectivity index (χ1v) is 6.20. The van der Waals surface area contributed by atoms with Gasteiger partial charge in [-0.1, -0.05) is 0 Å². The molecule has 0 amide bonds. The Morgan fingerprint density at radius 3 is 2.55 bits per heavy atom. The first kappa shape index (κ1) is 16.1. The molecule has 1 rings (SSSR count). The predicted octanol–water partition coefficient (Wildman–Crippen LogP) is 3.59. The Balaban J connectivity index is 2.50. The summed E-state index contributed by atoms with van der Waals surface area (Å²) in [6.45, 7) is 4.93. The molecule has 1 aromatic rings. The normalized spacial score (nSPS) is 10.3. The Morgan fingerprint density at radius 1 is 1.35 bits per heavy atom. The number of nitrogens with zero attached hydrogens (tertiary/aromatic N) is 1. The standard InChI is InChI=1S/C14H17F2NO3/c1-9(2)20-12-5-4-11(8-17-12)14(18)19-7-6-10(3)13(15)16/h4-5,8-9H,6-7H2,1-3H3. The maximum absolute atomic E-state index is 12.1. The van der Waals surface area contributed by atoms with Gasteiger partial charge in [-0.3, -0.25) is 0 Å². The van der Waals surface area contributed by atoms with E-state index in [1.54, 1.807) is 6.07 Å². The molecule has 20 heavy (non-hydrogen) atoms. The maximum Gasteiger partial charge on any atom is 0.339 e. The van der Waals surface area contributed by atoms with Crippen LogP contribution in [0.1, 0.15) is 37.6 Å². The number of ether oxygens (including phenoxy) is 2. The fraction of sp³-hybridized carbons (Fsp3) is 0.429. The third kappa shape index (κ3) is 5.34. The largest absolute Gasteiger partial charge is 0.475 e. The van der Waals surface area contributed by atoms with Crippen molar-refractivity contribution in [2.24, 2.45) is 0 Å². The van der Waals surface area contributed by atoms with Crippen LogP contribution in [-0.4, -0.2) is 23.7 Å². The van der Waals surface area contributed by atoms with Crippen LogP contribution in [0.5, 0.6) is 5.88 Å². The van der Waals surface area contributed by atoms with Gasteiger partial charge in [0.05, 0.1) is 18.3 Å². The molecule has 0 aliphatic carbocycles. The van der Waals surface area contributed by atoms with Crippen LogP contribution in [0.25, 0.3) is 0 Å². The fourth-order valence-electron chi connectivity index (χ4n) is 1.29. The molecule has 0 spiro atoms. The monoisotopic (exact) mass is 285 g/mol. The lowest BCUT2D eigenvalue weighted by molar-refractivity contribution is 0.0507. The molecule has 0 unspecified atom stereocenters. The van der Waals surface area contributed by atoms with E-state index in [0.717, 1.165) is 0 Å². The molecule has 0 saturated heterocycles. The third-order valence-corrected chi connectivity index (χ3v) is 2.36. The lowest BCUT2D eigenvalue weighted by Crippen LogP contribution is -2.09. The number of esters is 1. The first-order valence-electron chi connectivity index (χ1n) is 6.20. The van der Waals surface area contributed by atoms with Crippen molar-refractivity contribution in [3.05, 3.63) is 35.5 Å². The van der Waals surface area contributed by atoms with Gasteiger partial charge in [-0.05, 0) is 32.4 Å². The lowest BCUT2D eigenvalue weighted by atomic mass is 10.2. The summed E-state index contributed by atoms with van der Waals surface area (Å²) in [5, 5.41) is 0. The Labute approximate surface area is 116 Å². The van der Waals surface area contributed by atoms with Crippen molar-refractivity contribution >= 4 is 5.97 Å². The first-order chi connectivity index (χ1) is 9.40. The topological polar surface area (TPSA) is 48.4 Å². The van der Waals surface area contributed by atoms with E-state index in [2.05, 4.69) is 4.98 Å². The molecule has 0 aliphatic rings. The van der Waals surface area contributed by atoms with E-state index in [1.807, 2.05) is 13.8 Å². The van der Waals surface area contributed by atoms with Crippen LogP contribution >= 0.6 is 0 Å². The molecule has 0 atom stereocenters. The molecule has 0 fully saturated rings. The second kappa shape index (κ2) is 7.57. The van der Waals surface area contributed by atoms with Crippen molar-refractivity contribution < 1.29 is 23.0 Å². The second-order valence-electron chi connectivity index (χ2n) is 4.48. The zero-order valence-electron chi connectivity index (χ0n) is 11.7. The summed E-state index contributed by atoms with van der Waals surface area (Å²) >= 11 is 0. The molecular formula is C14H17F2NO3. The molecule has 0 saturated carbocycles. The minimum atomic E-state index is -1.74. The molecule has 0 N–H and O–H groups in total. The van der Waals surface area contributed by atoms with E-state index in [-0.39, 0.29) is 30.3 Å². The van der Waals surface area contributed by atoms with Crippen LogP contribution in [0.4, 0.5) is 8.78 Å². The van der Waals surface area contributed by atoms with E-state index in [9.17, 15) is 13.6 Å². The van der Waals surface area contributed by atoms with Gasteiger partial charge in [0.2, 0.25) is 5.88 Å². The highest BCUT2D eigenvalue weighted by Gasteiger charge is 2.09. The molecular weight excluding hydrogens is 268 g/mol. The van der Waals surface area contributed by atoms with Gasteiger partial charge in [0.15, 0.2) is 0 Å². The van der Waals surface area contributed by atoms with Gasteiger partial charge in [-0.2, -0.15) is 8.78 Å². The SMILES string of the molecule is CC(CCOC(=O)c1ccc(OC(C)C)nc1)=C(F)F. The van der Waals surface area contributed by atoms with Crippen LogP contribution in [-0.2, 0) is 4.74 Å². The number of aromatic nitrogens is 1. The minimum Gasteiger partial charge on any atom is -0.475 e. The zero-order chi connectivity index (χ0) is 15.1. The summed E-state index contributed by atoms with van der Waals surface area (Å²) in [5.74, 6) is -0.185. The highest BCUT2D eigenvalue weighted by atomic mass is 19.3. The summed E-state index contributed by atoms with van der Waals surface area (Å²) in [5.41, 5.74) is 0.167. The molecule has 0 aromatic carbocycles. The second-order valence-corrected chi connectivity index (χ2v) is 4.48. The van der Waals surface area contributed by atoms with Crippen LogP contribution in [0.15, 0.2) is 30.0 Å². The Morgan fingerprint density at radius 2 is 2.05 bits per heavy atom. The summed E-state index contributed by atoms with van der Waals surface area (Å²) in [7, 11) is 0. The van der Waals surface area contributed by atoms with Gasteiger partial charge in [-0.15, -0.1) is 0 Å². The number of hydrogen-bond acceptors (Lipinski definition) is 4. The summed E-state index contributed by atoms with van der Waals surface area (Å²) in [6.07, 6.45) is -0.405. The molecule has 6 heteroatoms. The van der Waals surface area contributed by atoms with Gasteiger partial charge in [0.25, 0.3) is 6.08 Å². The fourth-order valence-corrected chi connectivity index (χ4v) is 1.29. The molecule has 1 aromatic heterocycles. The predicted molar refractivity (Wildman–Crippen MR) is 69.8 cm³/mol. The van der Waals surface area contributed by atoms with Crippen molar-refractivity contribution in [3.63, 3.8) is 0 Å². The van der Waals surface area contributed by atoms with E-state index < -0.39 is 12.0 Å². The average molecular weight is 285 g/mol.